The first-order valence-electron chi connectivity index (χ1n) is 5.14. The molecule has 0 saturated heterocycles. The fraction of sp³-hybridized carbons (Fsp3) is 0.364. The Morgan fingerprint density at radius 1 is 1.47 bits per heavy atom. The van der Waals surface area contributed by atoms with E-state index in [0.29, 0.717) is 11.7 Å². The zero-order valence-electron chi connectivity index (χ0n) is 9.76. The molecule has 6 heteroatoms. The summed E-state index contributed by atoms with van der Waals surface area (Å²) in [6, 6.07) is 4.74. The van der Waals surface area contributed by atoms with Crippen LogP contribution in [0, 0.1) is 5.82 Å². The van der Waals surface area contributed by atoms with Crippen LogP contribution in [0.2, 0.25) is 5.02 Å². The van der Waals surface area contributed by atoms with E-state index in [-0.39, 0.29) is 10.7 Å². The zero-order valence-corrected chi connectivity index (χ0v) is 11.3. The summed E-state index contributed by atoms with van der Waals surface area (Å²) in [5, 5.41) is 6.20. The van der Waals surface area contributed by atoms with Gasteiger partial charge in [-0.2, -0.15) is 0 Å². The maximum Gasteiger partial charge on any atom is 0.170 e. The number of benzene rings is 1. The van der Waals surface area contributed by atoms with E-state index in [9.17, 15) is 4.39 Å². The Bertz CT molecular complexity index is 398. The molecule has 17 heavy (non-hydrogen) atoms. The van der Waals surface area contributed by atoms with E-state index in [4.69, 9.17) is 23.8 Å². The molecule has 0 spiro atoms. The molecule has 0 heterocycles. The topological polar surface area (TPSA) is 27.3 Å². The molecule has 2 N–H and O–H groups in total. The highest BCUT2D eigenvalue weighted by atomic mass is 35.5. The van der Waals surface area contributed by atoms with Crippen molar-refractivity contribution >= 4 is 34.6 Å². The normalized spacial score (nSPS) is 10.4. The highest BCUT2D eigenvalue weighted by Crippen LogP contribution is 2.21. The molecule has 0 aliphatic heterocycles. The Labute approximate surface area is 111 Å². The first kappa shape index (κ1) is 14.2. The second-order valence-corrected chi connectivity index (χ2v) is 4.60. The molecule has 0 saturated carbocycles. The number of thiocarbonyl (C=S) groups is 1. The molecule has 1 aromatic rings. The minimum atomic E-state index is -0.495. The molecule has 0 aliphatic carbocycles. The predicted molar refractivity (Wildman–Crippen MR) is 74.2 cm³/mol. The first-order valence-corrected chi connectivity index (χ1v) is 5.93. The van der Waals surface area contributed by atoms with Crippen molar-refractivity contribution in [2.45, 2.75) is 0 Å². The number of anilines is 1. The molecule has 0 amide bonds. The van der Waals surface area contributed by atoms with Gasteiger partial charge in [0.1, 0.15) is 0 Å². The summed E-state index contributed by atoms with van der Waals surface area (Å²) in [5.41, 5.74) is 0.278. The van der Waals surface area contributed by atoms with Crippen molar-refractivity contribution < 1.29 is 4.39 Å². The molecule has 1 rings (SSSR count). The number of hydrogen-bond donors (Lipinski definition) is 2. The van der Waals surface area contributed by atoms with Gasteiger partial charge in [0, 0.05) is 13.1 Å². The molecule has 1 aromatic carbocycles. The van der Waals surface area contributed by atoms with Crippen molar-refractivity contribution in [2.24, 2.45) is 0 Å². The average Bonchev–Trinajstić information content (AvgIpc) is 2.24. The fourth-order valence-electron chi connectivity index (χ4n) is 1.16. The SMILES string of the molecule is CN(C)CCNC(=S)Nc1cccc(Cl)c1F. The lowest BCUT2D eigenvalue weighted by molar-refractivity contribution is 0.413. The number of rotatable bonds is 4. The smallest absolute Gasteiger partial charge is 0.170 e. The summed E-state index contributed by atoms with van der Waals surface area (Å²) < 4.78 is 13.5. The van der Waals surface area contributed by atoms with Crippen LogP contribution in [0.3, 0.4) is 0 Å². The standard InChI is InChI=1S/C11H15ClFN3S/c1-16(2)7-6-14-11(17)15-9-5-3-4-8(12)10(9)13/h3-5H,6-7H2,1-2H3,(H2,14,15,17). The van der Waals surface area contributed by atoms with Crippen LogP contribution in [0.5, 0.6) is 0 Å². The molecule has 0 atom stereocenters. The van der Waals surface area contributed by atoms with Crippen molar-refractivity contribution in [2.75, 3.05) is 32.5 Å². The van der Waals surface area contributed by atoms with Crippen molar-refractivity contribution in [1.29, 1.82) is 0 Å². The van der Waals surface area contributed by atoms with Crippen LogP contribution in [-0.4, -0.2) is 37.2 Å². The molecule has 94 valence electrons. The number of nitrogens with zero attached hydrogens (tertiary/aromatic N) is 1. The van der Waals surface area contributed by atoms with Gasteiger partial charge in [0.15, 0.2) is 10.9 Å². The number of likely N-dealkylation sites (N-methyl/N-ethyl adjacent to an activating group) is 1. The summed E-state index contributed by atoms with van der Waals surface area (Å²) in [6.07, 6.45) is 0. The monoisotopic (exact) mass is 275 g/mol. The maximum absolute atomic E-state index is 13.5. The van der Waals surface area contributed by atoms with E-state index in [1.54, 1.807) is 12.1 Å². The van der Waals surface area contributed by atoms with Crippen LogP contribution in [0.25, 0.3) is 0 Å². The van der Waals surface area contributed by atoms with Crippen LogP contribution >= 0.6 is 23.8 Å². The van der Waals surface area contributed by atoms with Crippen LogP contribution in [0.15, 0.2) is 18.2 Å². The van der Waals surface area contributed by atoms with E-state index in [0.717, 1.165) is 6.54 Å². The molecule has 3 nitrogen and oxygen atoms in total. The third-order valence-electron chi connectivity index (χ3n) is 2.04. The van der Waals surface area contributed by atoms with E-state index < -0.39 is 5.82 Å². The largest absolute Gasteiger partial charge is 0.361 e. The van der Waals surface area contributed by atoms with Gasteiger partial charge in [0.05, 0.1) is 10.7 Å². The summed E-state index contributed by atoms with van der Waals surface area (Å²) >= 11 is 10.7. The van der Waals surface area contributed by atoms with Gasteiger partial charge < -0.3 is 15.5 Å². The van der Waals surface area contributed by atoms with E-state index in [1.165, 1.54) is 6.07 Å². The summed E-state index contributed by atoms with van der Waals surface area (Å²) in [4.78, 5) is 2.02. The molecule has 0 unspecified atom stereocenters. The summed E-state index contributed by atoms with van der Waals surface area (Å²) in [6.45, 7) is 1.54. The molecule has 0 aliphatic rings. The summed E-state index contributed by atoms with van der Waals surface area (Å²) in [7, 11) is 3.93. The van der Waals surface area contributed by atoms with Crippen LogP contribution < -0.4 is 10.6 Å². The lowest BCUT2D eigenvalue weighted by atomic mass is 10.3. The highest BCUT2D eigenvalue weighted by molar-refractivity contribution is 7.80. The Balaban J connectivity index is 2.48. The fourth-order valence-corrected chi connectivity index (χ4v) is 1.55. The Morgan fingerprint density at radius 2 is 2.18 bits per heavy atom. The van der Waals surface area contributed by atoms with Gasteiger partial charge in [-0.25, -0.2) is 4.39 Å². The van der Waals surface area contributed by atoms with Gasteiger partial charge in [0.2, 0.25) is 0 Å². The van der Waals surface area contributed by atoms with Crippen molar-refractivity contribution in [1.82, 2.24) is 10.2 Å². The van der Waals surface area contributed by atoms with Crippen LogP contribution in [0.1, 0.15) is 0 Å². The zero-order chi connectivity index (χ0) is 12.8. The molecule has 0 radical (unpaired) electrons. The van der Waals surface area contributed by atoms with E-state index in [1.807, 2.05) is 19.0 Å². The lowest BCUT2D eigenvalue weighted by Crippen LogP contribution is -2.34. The first-order chi connectivity index (χ1) is 8.00. The maximum atomic E-state index is 13.5. The van der Waals surface area contributed by atoms with Gasteiger partial charge in [0.25, 0.3) is 0 Å². The van der Waals surface area contributed by atoms with Crippen molar-refractivity contribution in [3.8, 4) is 0 Å². The Morgan fingerprint density at radius 3 is 2.82 bits per heavy atom. The number of hydrogen-bond acceptors (Lipinski definition) is 2. The van der Waals surface area contributed by atoms with Crippen molar-refractivity contribution in [3.05, 3.63) is 29.0 Å². The van der Waals surface area contributed by atoms with E-state index >= 15 is 0 Å². The van der Waals surface area contributed by atoms with Crippen LogP contribution in [-0.2, 0) is 0 Å². The Hall–Kier alpha value is -0.910. The third-order valence-corrected chi connectivity index (χ3v) is 2.58. The molecule has 0 fully saturated rings. The Kier molecular flexibility index (Phi) is 5.61. The third kappa shape index (κ3) is 4.85. The molecular formula is C11H15ClFN3S. The minimum absolute atomic E-state index is 0.0751. The number of nitrogens with one attached hydrogen (secondary N) is 2. The van der Waals surface area contributed by atoms with Gasteiger partial charge >= 0.3 is 0 Å². The van der Waals surface area contributed by atoms with Gasteiger partial charge in [-0.05, 0) is 38.4 Å². The minimum Gasteiger partial charge on any atom is -0.361 e. The summed E-state index contributed by atoms with van der Waals surface area (Å²) in [5.74, 6) is -0.495. The molecule has 0 bridgehead atoms. The second-order valence-electron chi connectivity index (χ2n) is 3.79. The van der Waals surface area contributed by atoms with Crippen LogP contribution in [0.4, 0.5) is 10.1 Å². The van der Waals surface area contributed by atoms with Gasteiger partial charge in [-0.15, -0.1) is 0 Å². The van der Waals surface area contributed by atoms with Crippen molar-refractivity contribution in [3.63, 3.8) is 0 Å². The second kappa shape index (κ2) is 6.74. The highest BCUT2D eigenvalue weighted by Gasteiger charge is 2.06. The lowest BCUT2D eigenvalue weighted by Gasteiger charge is -2.13. The van der Waals surface area contributed by atoms with Gasteiger partial charge in [-0.1, -0.05) is 17.7 Å². The molecular weight excluding hydrogens is 261 g/mol. The van der Waals surface area contributed by atoms with Gasteiger partial charge in [-0.3, -0.25) is 0 Å². The number of halogens is 2. The molecule has 0 aromatic heterocycles. The predicted octanol–water partition coefficient (Wildman–Crippen LogP) is 2.33. The van der Waals surface area contributed by atoms with E-state index in [2.05, 4.69) is 10.6 Å². The average molecular weight is 276 g/mol. The quantitative estimate of drug-likeness (QED) is 0.825.